The summed E-state index contributed by atoms with van der Waals surface area (Å²) in [6, 6.07) is 14.9. The standard InChI is InChI=1S/C21H20N2O4/c1-13-12-23(17-11-16(25-3)9-10-18(17)26-13)21(24)19-14(2)22-20(27-19)15-7-5-4-6-8-15/h4-11,13H,12H2,1-3H3. The molecule has 2 aromatic carbocycles. The summed E-state index contributed by atoms with van der Waals surface area (Å²) < 4.78 is 17.0. The zero-order chi connectivity index (χ0) is 19.0. The lowest BCUT2D eigenvalue weighted by atomic mass is 10.1. The fourth-order valence-corrected chi connectivity index (χ4v) is 3.16. The highest BCUT2D eigenvalue weighted by molar-refractivity contribution is 6.06. The minimum absolute atomic E-state index is 0.133. The Morgan fingerprint density at radius 3 is 2.74 bits per heavy atom. The first-order chi connectivity index (χ1) is 13.1. The van der Waals surface area contributed by atoms with Crippen molar-refractivity contribution in [1.82, 2.24) is 4.98 Å². The summed E-state index contributed by atoms with van der Waals surface area (Å²) in [5.41, 5.74) is 2.05. The van der Waals surface area contributed by atoms with E-state index in [2.05, 4.69) is 4.98 Å². The van der Waals surface area contributed by atoms with Crippen LogP contribution < -0.4 is 14.4 Å². The van der Waals surface area contributed by atoms with Gasteiger partial charge in [-0.15, -0.1) is 0 Å². The van der Waals surface area contributed by atoms with Gasteiger partial charge < -0.3 is 13.9 Å². The van der Waals surface area contributed by atoms with E-state index in [1.807, 2.05) is 49.4 Å². The Morgan fingerprint density at radius 2 is 2.00 bits per heavy atom. The number of oxazole rings is 1. The molecule has 0 saturated carbocycles. The van der Waals surface area contributed by atoms with E-state index >= 15 is 0 Å². The Labute approximate surface area is 157 Å². The van der Waals surface area contributed by atoms with E-state index in [0.717, 1.165) is 5.56 Å². The van der Waals surface area contributed by atoms with E-state index in [4.69, 9.17) is 13.9 Å². The minimum atomic E-state index is -0.244. The van der Waals surface area contributed by atoms with Crippen LogP contribution in [0.15, 0.2) is 52.9 Å². The molecule has 0 aliphatic carbocycles. The van der Waals surface area contributed by atoms with Crippen LogP contribution in [-0.2, 0) is 0 Å². The second-order valence-electron chi connectivity index (χ2n) is 6.48. The van der Waals surface area contributed by atoms with Crippen molar-refractivity contribution >= 4 is 11.6 Å². The predicted octanol–water partition coefficient (Wildman–Crippen LogP) is 4.09. The number of carbonyl (C=O) groups is 1. The molecule has 1 amide bonds. The number of fused-ring (bicyclic) bond motifs is 1. The van der Waals surface area contributed by atoms with E-state index in [0.29, 0.717) is 35.3 Å². The number of amides is 1. The van der Waals surface area contributed by atoms with Gasteiger partial charge in [0, 0.05) is 11.6 Å². The van der Waals surface area contributed by atoms with Crippen molar-refractivity contribution in [1.29, 1.82) is 0 Å². The van der Waals surface area contributed by atoms with Gasteiger partial charge in [0.1, 0.15) is 17.6 Å². The fourth-order valence-electron chi connectivity index (χ4n) is 3.16. The molecule has 3 aromatic rings. The average molecular weight is 364 g/mol. The van der Waals surface area contributed by atoms with Gasteiger partial charge in [-0.1, -0.05) is 18.2 Å². The number of aryl methyl sites for hydroxylation is 1. The first-order valence-corrected chi connectivity index (χ1v) is 8.76. The number of aromatic nitrogens is 1. The van der Waals surface area contributed by atoms with Gasteiger partial charge in [-0.25, -0.2) is 4.98 Å². The highest BCUT2D eigenvalue weighted by atomic mass is 16.5. The maximum Gasteiger partial charge on any atom is 0.296 e. The lowest BCUT2D eigenvalue weighted by Gasteiger charge is -2.33. The number of nitrogens with zero attached hydrogens (tertiary/aromatic N) is 2. The molecule has 2 heterocycles. The van der Waals surface area contributed by atoms with Crippen molar-refractivity contribution in [3.8, 4) is 23.0 Å². The largest absolute Gasteiger partial charge is 0.497 e. The summed E-state index contributed by atoms with van der Waals surface area (Å²) in [4.78, 5) is 19.4. The summed E-state index contributed by atoms with van der Waals surface area (Å²) in [5, 5.41) is 0. The van der Waals surface area contributed by atoms with Crippen LogP contribution in [0.4, 0.5) is 5.69 Å². The van der Waals surface area contributed by atoms with Crippen LogP contribution in [-0.4, -0.2) is 30.6 Å². The monoisotopic (exact) mass is 364 g/mol. The Bertz CT molecular complexity index is 981. The molecule has 0 bridgehead atoms. The third kappa shape index (κ3) is 3.14. The lowest BCUT2D eigenvalue weighted by molar-refractivity contribution is 0.0934. The molecule has 0 N–H and O–H groups in total. The topological polar surface area (TPSA) is 64.8 Å². The lowest BCUT2D eigenvalue weighted by Crippen LogP contribution is -2.42. The second-order valence-corrected chi connectivity index (χ2v) is 6.48. The fraction of sp³-hybridized carbons (Fsp3) is 0.238. The maximum atomic E-state index is 13.3. The Kier molecular flexibility index (Phi) is 4.32. The maximum absolute atomic E-state index is 13.3. The van der Waals surface area contributed by atoms with Gasteiger partial charge in [0.15, 0.2) is 0 Å². The molecule has 1 aliphatic heterocycles. The van der Waals surface area contributed by atoms with Crippen LogP contribution in [0.3, 0.4) is 0 Å². The van der Waals surface area contributed by atoms with Crippen LogP contribution in [0.5, 0.6) is 11.5 Å². The molecular formula is C21H20N2O4. The number of benzene rings is 2. The molecule has 138 valence electrons. The number of anilines is 1. The molecule has 0 saturated heterocycles. The summed E-state index contributed by atoms with van der Waals surface area (Å²) >= 11 is 0. The Morgan fingerprint density at radius 1 is 1.22 bits per heavy atom. The molecule has 27 heavy (non-hydrogen) atoms. The number of rotatable bonds is 3. The van der Waals surface area contributed by atoms with Gasteiger partial charge in [0.2, 0.25) is 11.7 Å². The summed E-state index contributed by atoms with van der Waals surface area (Å²) in [6.07, 6.45) is -0.133. The van der Waals surface area contributed by atoms with Crippen molar-refractivity contribution < 1.29 is 18.7 Å². The van der Waals surface area contributed by atoms with E-state index < -0.39 is 0 Å². The van der Waals surface area contributed by atoms with Gasteiger partial charge in [-0.2, -0.15) is 0 Å². The van der Waals surface area contributed by atoms with Gasteiger partial charge in [0.25, 0.3) is 5.91 Å². The van der Waals surface area contributed by atoms with Crippen LogP contribution in [0.1, 0.15) is 23.2 Å². The van der Waals surface area contributed by atoms with Crippen molar-refractivity contribution in [2.45, 2.75) is 20.0 Å². The number of carbonyl (C=O) groups excluding carboxylic acids is 1. The molecule has 0 fully saturated rings. The van der Waals surface area contributed by atoms with Gasteiger partial charge in [-0.05, 0) is 38.1 Å². The molecule has 1 atom stereocenters. The first kappa shape index (κ1) is 17.1. The molecule has 6 heteroatoms. The Hall–Kier alpha value is -3.28. The number of methoxy groups -OCH3 is 1. The van der Waals surface area contributed by atoms with Crippen LogP contribution in [0.2, 0.25) is 0 Å². The van der Waals surface area contributed by atoms with Crippen molar-refractivity contribution in [3.63, 3.8) is 0 Å². The van der Waals surface area contributed by atoms with E-state index in [-0.39, 0.29) is 17.8 Å². The van der Waals surface area contributed by atoms with Crippen molar-refractivity contribution in [2.75, 3.05) is 18.6 Å². The smallest absolute Gasteiger partial charge is 0.296 e. The average Bonchev–Trinajstić information content (AvgIpc) is 3.09. The molecule has 1 aromatic heterocycles. The quantitative estimate of drug-likeness (QED) is 0.700. The minimum Gasteiger partial charge on any atom is -0.497 e. The zero-order valence-electron chi connectivity index (χ0n) is 15.4. The highest BCUT2D eigenvalue weighted by Gasteiger charge is 2.32. The third-order valence-electron chi connectivity index (χ3n) is 4.48. The molecule has 0 radical (unpaired) electrons. The molecule has 6 nitrogen and oxygen atoms in total. The van der Waals surface area contributed by atoms with E-state index in [9.17, 15) is 4.79 Å². The molecule has 1 unspecified atom stereocenters. The van der Waals surface area contributed by atoms with Crippen LogP contribution >= 0.6 is 0 Å². The normalized spacial score (nSPS) is 15.8. The number of hydrogen-bond acceptors (Lipinski definition) is 5. The summed E-state index contributed by atoms with van der Waals surface area (Å²) in [6.45, 7) is 4.12. The Balaban J connectivity index is 1.73. The number of ether oxygens (including phenoxy) is 2. The van der Waals surface area contributed by atoms with Crippen LogP contribution in [0.25, 0.3) is 11.5 Å². The molecule has 0 spiro atoms. The summed E-state index contributed by atoms with van der Waals surface area (Å²) in [5.74, 6) is 1.72. The van der Waals surface area contributed by atoms with E-state index in [1.54, 1.807) is 25.0 Å². The van der Waals surface area contributed by atoms with Crippen molar-refractivity contribution in [3.05, 3.63) is 60.0 Å². The third-order valence-corrected chi connectivity index (χ3v) is 4.48. The zero-order valence-corrected chi connectivity index (χ0v) is 15.4. The predicted molar refractivity (Wildman–Crippen MR) is 101 cm³/mol. The molecular weight excluding hydrogens is 344 g/mol. The molecule has 1 aliphatic rings. The van der Waals surface area contributed by atoms with Gasteiger partial charge >= 0.3 is 0 Å². The number of hydrogen-bond donors (Lipinski definition) is 0. The SMILES string of the molecule is COc1ccc2c(c1)N(C(=O)c1oc(-c3ccccc3)nc1C)CC(C)O2. The summed E-state index contributed by atoms with van der Waals surface area (Å²) in [7, 11) is 1.59. The van der Waals surface area contributed by atoms with Gasteiger partial charge in [-0.3, -0.25) is 9.69 Å². The van der Waals surface area contributed by atoms with Gasteiger partial charge in [0.05, 0.1) is 25.0 Å². The highest BCUT2D eigenvalue weighted by Crippen LogP contribution is 2.37. The van der Waals surface area contributed by atoms with E-state index in [1.165, 1.54) is 0 Å². The molecule has 4 rings (SSSR count). The first-order valence-electron chi connectivity index (χ1n) is 8.76. The van der Waals surface area contributed by atoms with Crippen LogP contribution in [0, 0.1) is 6.92 Å². The second kappa shape index (κ2) is 6.79. The van der Waals surface area contributed by atoms with Crippen molar-refractivity contribution in [2.24, 2.45) is 0 Å².